The first kappa shape index (κ1) is 16.5. The molecule has 0 aliphatic carbocycles. The number of nitrogens with zero attached hydrogens (tertiary/aromatic N) is 2. The second-order valence-corrected chi connectivity index (χ2v) is 8.05. The molecule has 1 N–H and O–H groups in total. The minimum atomic E-state index is -0.217. The lowest BCUT2D eigenvalue weighted by Gasteiger charge is -2.33. The van der Waals surface area contributed by atoms with Gasteiger partial charge in [-0.2, -0.15) is 0 Å². The molecule has 0 saturated heterocycles. The summed E-state index contributed by atoms with van der Waals surface area (Å²) in [6, 6.07) is 4.05. The standard InChI is InChI=1S/C18H27N3O/c1-13-7-8-21-11-14(19-15(21)9-13)10-16(22)20-18(5,6)12-17(2,3)4/h7-9,11H,10,12H2,1-6H3,(H,20,22). The van der Waals surface area contributed by atoms with Crippen LogP contribution < -0.4 is 5.32 Å². The molecule has 2 aromatic rings. The number of aryl methyl sites for hydroxylation is 1. The van der Waals surface area contributed by atoms with Crippen LogP contribution in [0.2, 0.25) is 0 Å². The Kier molecular flexibility index (Phi) is 4.32. The van der Waals surface area contributed by atoms with Crippen LogP contribution in [0.1, 0.15) is 52.3 Å². The lowest BCUT2D eigenvalue weighted by Crippen LogP contribution is -2.46. The SMILES string of the molecule is Cc1ccn2cc(CC(=O)NC(C)(C)CC(C)(C)C)nc2c1. The molecule has 0 saturated carbocycles. The molecule has 1 amide bonds. The maximum absolute atomic E-state index is 12.3. The molecule has 0 unspecified atom stereocenters. The van der Waals surface area contributed by atoms with E-state index in [2.05, 4.69) is 44.9 Å². The van der Waals surface area contributed by atoms with Gasteiger partial charge < -0.3 is 9.72 Å². The van der Waals surface area contributed by atoms with Gasteiger partial charge in [0.2, 0.25) is 5.91 Å². The highest BCUT2D eigenvalue weighted by Gasteiger charge is 2.27. The Labute approximate surface area is 132 Å². The van der Waals surface area contributed by atoms with Crippen LogP contribution in [0.4, 0.5) is 0 Å². The van der Waals surface area contributed by atoms with Crippen molar-refractivity contribution in [2.75, 3.05) is 0 Å². The van der Waals surface area contributed by atoms with Crippen LogP contribution in [-0.4, -0.2) is 20.8 Å². The van der Waals surface area contributed by atoms with Gasteiger partial charge in [-0.15, -0.1) is 0 Å². The molecule has 120 valence electrons. The highest BCUT2D eigenvalue weighted by atomic mass is 16.1. The zero-order valence-corrected chi connectivity index (χ0v) is 14.5. The van der Waals surface area contributed by atoms with E-state index in [1.54, 1.807) is 0 Å². The summed E-state index contributed by atoms with van der Waals surface area (Å²) in [6.45, 7) is 12.7. The third-order valence-electron chi connectivity index (χ3n) is 3.46. The summed E-state index contributed by atoms with van der Waals surface area (Å²) < 4.78 is 1.95. The van der Waals surface area contributed by atoms with Crippen LogP contribution in [0.5, 0.6) is 0 Å². The van der Waals surface area contributed by atoms with E-state index >= 15 is 0 Å². The number of fused-ring (bicyclic) bond motifs is 1. The van der Waals surface area contributed by atoms with Gasteiger partial charge in [-0.3, -0.25) is 4.79 Å². The molecule has 0 atom stereocenters. The van der Waals surface area contributed by atoms with E-state index in [0.717, 1.165) is 17.8 Å². The maximum Gasteiger partial charge on any atom is 0.226 e. The Balaban J connectivity index is 2.04. The molecule has 0 fully saturated rings. The smallest absolute Gasteiger partial charge is 0.226 e. The van der Waals surface area contributed by atoms with E-state index in [0.29, 0.717) is 6.42 Å². The summed E-state index contributed by atoms with van der Waals surface area (Å²) >= 11 is 0. The Bertz CT molecular complexity index is 677. The molecule has 0 aromatic carbocycles. The Hall–Kier alpha value is -1.84. The normalized spacial score (nSPS) is 12.6. The van der Waals surface area contributed by atoms with E-state index < -0.39 is 0 Å². The number of rotatable bonds is 4. The predicted octanol–water partition coefficient (Wildman–Crippen LogP) is 3.52. The number of pyridine rings is 1. The van der Waals surface area contributed by atoms with Crippen LogP contribution in [0, 0.1) is 12.3 Å². The largest absolute Gasteiger partial charge is 0.351 e. The lowest BCUT2D eigenvalue weighted by atomic mass is 9.82. The van der Waals surface area contributed by atoms with Crippen molar-refractivity contribution in [3.63, 3.8) is 0 Å². The highest BCUT2D eigenvalue weighted by Crippen LogP contribution is 2.26. The minimum absolute atomic E-state index is 0.0226. The van der Waals surface area contributed by atoms with Gasteiger partial charge in [0.05, 0.1) is 12.1 Å². The molecule has 2 rings (SSSR count). The van der Waals surface area contributed by atoms with Crippen molar-refractivity contribution in [3.05, 3.63) is 35.8 Å². The second kappa shape index (κ2) is 5.75. The summed E-state index contributed by atoms with van der Waals surface area (Å²) in [6.07, 6.45) is 5.14. The van der Waals surface area contributed by atoms with Gasteiger partial charge in [-0.1, -0.05) is 20.8 Å². The number of aromatic nitrogens is 2. The van der Waals surface area contributed by atoms with Gasteiger partial charge in [-0.05, 0) is 50.3 Å². The van der Waals surface area contributed by atoms with Crippen LogP contribution in [0.3, 0.4) is 0 Å². The molecule has 22 heavy (non-hydrogen) atoms. The zero-order chi connectivity index (χ0) is 16.5. The summed E-state index contributed by atoms with van der Waals surface area (Å²) in [5.41, 5.74) is 2.81. The Morgan fingerprint density at radius 3 is 2.59 bits per heavy atom. The first-order valence-electron chi connectivity index (χ1n) is 7.79. The third-order valence-corrected chi connectivity index (χ3v) is 3.46. The molecular formula is C18H27N3O. The van der Waals surface area contributed by atoms with Crippen molar-refractivity contribution in [2.45, 2.75) is 59.9 Å². The molecule has 0 radical (unpaired) electrons. The van der Waals surface area contributed by atoms with Gasteiger partial charge in [0, 0.05) is 17.9 Å². The van der Waals surface area contributed by atoms with Crippen molar-refractivity contribution < 1.29 is 4.79 Å². The van der Waals surface area contributed by atoms with Gasteiger partial charge in [-0.25, -0.2) is 4.98 Å². The van der Waals surface area contributed by atoms with Crippen molar-refractivity contribution in [1.82, 2.24) is 14.7 Å². The summed E-state index contributed by atoms with van der Waals surface area (Å²) in [7, 11) is 0. The van der Waals surface area contributed by atoms with E-state index in [-0.39, 0.29) is 16.9 Å². The third kappa shape index (κ3) is 4.58. The molecule has 0 spiro atoms. The van der Waals surface area contributed by atoms with E-state index in [1.165, 1.54) is 5.56 Å². The van der Waals surface area contributed by atoms with Gasteiger partial charge >= 0.3 is 0 Å². The fourth-order valence-corrected chi connectivity index (χ4v) is 3.18. The van der Waals surface area contributed by atoms with Crippen molar-refractivity contribution in [3.8, 4) is 0 Å². The number of hydrogen-bond acceptors (Lipinski definition) is 2. The molecule has 0 bridgehead atoms. The average Bonchev–Trinajstić information content (AvgIpc) is 2.65. The van der Waals surface area contributed by atoms with E-state index in [4.69, 9.17) is 0 Å². The highest BCUT2D eigenvalue weighted by molar-refractivity contribution is 5.79. The van der Waals surface area contributed by atoms with E-state index in [1.807, 2.05) is 35.9 Å². The molecule has 4 nitrogen and oxygen atoms in total. The van der Waals surface area contributed by atoms with Crippen LogP contribution in [0.15, 0.2) is 24.5 Å². The number of amides is 1. The predicted molar refractivity (Wildman–Crippen MR) is 89.9 cm³/mol. The van der Waals surface area contributed by atoms with Crippen molar-refractivity contribution >= 4 is 11.6 Å². The Morgan fingerprint density at radius 1 is 1.27 bits per heavy atom. The number of imidazole rings is 1. The molecule has 2 heterocycles. The molecule has 2 aromatic heterocycles. The molecule has 4 heteroatoms. The first-order chi connectivity index (χ1) is 10.0. The van der Waals surface area contributed by atoms with Gasteiger partial charge in [0.25, 0.3) is 0 Å². The topological polar surface area (TPSA) is 46.4 Å². The van der Waals surface area contributed by atoms with Crippen molar-refractivity contribution in [2.24, 2.45) is 5.41 Å². The zero-order valence-electron chi connectivity index (χ0n) is 14.5. The van der Waals surface area contributed by atoms with Crippen LogP contribution in [-0.2, 0) is 11.2 Å². The van der Waals surface area contributed by atoms with E-state index in [9.17, 15) is 4.79 Å². The summed E-state index contributed by atoms with van der Waals surface area (Å²) in [5, 5.41) is 3.13. The molecular weight excluding hydrogens is 274 g/mol. The van der Waals surface area contributed by atoms with Crippen molar-refractivity contribution in [1.29, 1.82) is 0 Å². The maximum atomic E-state index is 12.3. The fourth-order valence-electron chi connectivity index (χ4n) is 3.18. The van der Waals surface area contributed by atoms with Crippen LogP contribution in [0.25, 0.3) is 5.65 Å². The number of carbonyl (C=O) groups is 1. The number of hydrogen-bond donors (Lipinski definition) is 1. The quantitative estimate of drug-likeness (QED) is 0.939. The second-order valence-electron chi connectivity index (χ2n) is 8.05. The average molecular weight is 301 g/mol. The summed E-state index contributed by atoms with van der Waals surface area (Å²) in [5.74, 6) is 0.0226. The Morgan fingerprint density at radius 2 is 1.95 bits per heavy atom. The molecule has 0 aliphatic heterocycles. The van der Waals surface area contributed by atoms with Gasteiger partial charge in [0.15, 0.2) is 0 Å². The lowest BCUT2D eigenvalue weighted by molar-refractivity contribution is -0.122. The summed E-state index contributed by atoms with van der Waals surface area (Å²) in [4.78, 5) is 16.8. The monoisotopic (exact) mass is 301 g/mol. The fraction of sp³-hybridized carbons (Fsp3) is 0.556. The first-order valence-corrected chi connectivity index (χ1v) is 7.79. The minimum Gasteiger partial charge on any atom is -0.351 e. The number of nitrogens with one attached hydrogen (secondary N) is 1. The molecule has 0 aliphatic rings. The number of carbonyl (C=O) groups excluding carboxylic acids is 1. The van der Waals surface area contributed by atoms with Crippen LogP contribution >= 0.6 is 0 Å². The van der Waals surface area contributed by atoms with Gasteiger partial charge in [0.1, 0.15) is 5.65 Å².